The van der Waals surface area contributed by atoms with Crippen molar-refractivity contribution in [1.29, 1.82) is 0 Å². The summed E-state index contributed by atoms with van der Waals surface area (Å²) in [4.78, 5) is 11.9. The van der Waals surface area contributed by atoms with E-state index in [-0.39, 0.29) is 5.78 Å². The molecule has 0 heterocycles. The molecule has 2 nitrogen and oxygen atoms in total. The van der Waals surface area contributed by atoms with Crippen molar-refractivity contribution in [2.45, 2.75) is 46.5 Å². The molecule has 0 aliphatic carbocycles. The molecule has 0 bridgehead atoms. The highest BCUT2D eigenvalue weighted by molar-refractivity contribution is 5.97. The molecule has 0 aromatic heterocycles. The highest BCUT2D eigenvalue weighted by atomic mass is 16.5. The summed E-state index contributed by atoms with van der Waals surface area (Å²) < 4.78 is 5.54. The minimum atomic E-state index is 0.242. The van der Waals surface area contributed by atoms with Gasteiger partial charge in [-0.25, -0.2) is 0 Å². The molecule has 94 valence electrons. The van der Waals surface area contributed by atoms with Gasteiger partial charge in [0.25, 0.3) is 0 Å². The maximum absolute atomic E-state index is 11.9. The molecule has 0 amide bonds. The molecule has 0 N–H and O–H groups in total. The van der Waals surface area contributed by atoms with Crippen molar-refractivity contribution in [2.24, 2.45) is 0 Å². The SMILES string of the molecule is CCCCC(=O)c1ccc(OCCC)cc1C. The van der Waals surface area contributed by atoms with Crippen LogP contribution in [0.3, 0.4) is 0 Å². The Bertz CT molecular complexity index is 369. The molecule has 0 fully saturated rings. The van der Waals surface area contributed by atoms with Crippen LogP contribution in [0.1, 0.15) is 55.5 Å². The molecule has 17 heavy (non-hydrogen) atoms. The summed E-state index contributed by atoms with van der Waals surface area (Å²) in [7, 11) is 0. The number of carbonyl (C=O) groups excluding carboxylic acids is 1. The predicted octanol–water partition coefficient (Wildman–Crippen LogP) is 4.16. The van der Waals surface area contributed by atoms with E-state index in [2.05, 4.69) is 13.8 Å². The van der Waals surface area contributed by atoms with Crippen LogP contribution < -0.4 is 4.74 Å². The molecule has 0 aliphatic rings. The van der Waals surface area contributed by atoms with Gasteiger partial charge in [-0.15, -0.1) is 0 Å². The molecule has 0 saturated carbocycles. The van der Waals surface area contributed by atoms with E-state index in [0.29, 0.717) is 6.42 Å². The third-order valence-corrected chi connectivity index (χ3v) is 2.73. The molecular formula is C15H22O2. The summed E-state index contributed by atoms with van der Waals surface area (Å²) in [6.07, 6.45) is 3.66. The molecule has 0 spiro atoms. The standard InChI is InChI=1S/C15H22O2/c1-4-6-7-15(16)14-9-8-13(11-12(14)3)17-10-5-2/h8-9,11H,4-7,10H2,1-3H3. The summed E-state index contributed by atoms with van der Waals surface area (Å²) in [5.74, 6) is 1.10. The number of Topliss-reactive ketones (excluding diaryl/α,β-unsaturated/α-hetero) is 1. The van der Waals surface area contributed by atoms with Crippen LogP contribution >= 0.6 is 0 Å². The van der Waals surface area contributed by atoms with Gasteiger partial charge < -0.3 is 4.74 Å². The molecule has 1 aromatic carbocycles. The fraction of sp³-hybridized carbons (Fsp3) is 0.533. The molecule has 0 saturated heterocycles. The van der Waals surface area contributed by atoms with E-state index in [1.807, 2.05) is 25.1 Å². The molecule has 2 heteroatoms. The van der Waals surface area contributed by atoms with Crippen molar-refractivity contribution in [3.63, 3.8) is 0 Å². The predicted molar refractivity (Wildman–Crippen MR) is 70.8 cm³/mol. The Kier molecular flexibility index (Phi) is 5.75. The molecular weight excluding hydrogens is 212 g/mol. The van der Waals surface area contributed by atoms with Gasteiger partial charge in [0, 0.05) is 12.0 Å². The van der Waals surface area contributed by atoms with Gasteiger partial charge in [0.15, 0.2) is 5.78 Å². The van der Waals surface area contributed by atoms with E-state index in [1.54, 1.807) is 0 Å². The number of hydrogen-bond acceptors (Lipinski definition) is 2. The van der Waals surface area contributed by atoms with Crippen molar-refractivity contribution in [1.82, 2.24) is 0 Å². The number of hydrogen-bond donors (Lipinski definition) is 0. The first kappa shape index (κ1) is 13.8. The lowest BCUT2D eigenvalue weighted by atomic mass is 10.0. The minimum Gasteiger partial charge on any atom is -0.494 e. The summed E-state index contributed by atoms with van der Waals surface area (Å²) in [6.45, 7) is 6.87. The van der Waals surface area contributed by atoms with Crippen LogP contribution in [0.2, 0.25) is 0 Å². The Morgan fingerprint density at radius 2 is 2.00 bits per heavy atom. The van der Waals surface area contributed by atoms with Gasteiger partial charge in [0.05, 0.1) is 6.61 Å². The summed E-state index contributed by atoms with van der Waals surface area (Å²) in [5.41, 5.74) is 1.85. The van der Waals surface area contributed by atoms with Crippen LogP contribution in [-0.4, -0.2) is 12.4 Å². The van der Waals surface area contributed by atoms with E-state index in [9.17, 15) is 4.79 Å². The first-order valence-corrected chi connectivity index (χ1v) is 6.45. The Hall–Kier alpha value is -1.31. The van der Waals surface area contributed by atoms with Gasteiger partial charge in [-0.05, 0) is 43.5 Å². The molecule has 1 aromatic rings. The number of benzene rings is 1. The van der Waals surface area contributed by atoms with Crippen LogP contribution in [0.5, 0.6) is 5.75 Å². The fourth-order valence-corrected chi connectivity index (χ4v) is 1.73. The zero-order chi connectivity index (χ0) is 12.7. The van der Waals surface area contributed by atoms with Gasteiger partial charge in [0.1, 0.15) is 5.75 Å². The van der Waals surface area contributed by atoms with Gasteiger partial charge >= 0.3 is 0 Å². The average Bonchev–Trinajstić information content (AvgIpc) is 2.33. The third-order valence-electron chi connectivity index (χ3n) is 2.73. The molecule has 0 unspecified atom stereocenters. The van der Waals surface area contributed by atoms with Crippen molar-refractivity contribution in [3.05, 3.63) is 29.3 Å². The van der Waals surface area contributed by atoms with Crippen LogP contribution in [-0.2, 0) is 0 Å². The van der Waals surface area contributed by atoms with Crippen LogP contribution in [0.15, 0.2) is 18.2 Å². The maximum atomic E-state index is 11.9. The lowest BCUT2D eigenvalue weighted by Gasteiger charge is -2.08. The third kappa shape index (κ3) is 4.22. The van der Waals surface area contributed by atoms with E-state index < -0.39 is 0 Å². The number of aryl methyl sites for hydroxylation is 1. The van der Waals surface area contributed by atoms with Gasteiger partial charge in [-0.1, -0.05) is 20.3 Å². The molecule has 0 atom stereocenters. The second-order valence-electron chi connectivity index (χ2n) is 4.35. The number of rotatable bonds is 7. The second-order valence-corrected chi connectivity index (χ2v) is 4.35. The van der Waals surface area contributed by atoms with Crippen molar-refractivity contribution >= 4 is 5.78 Å². The molecule has 0 radical (unpaired) electrons. The van der Waals surface area contributed by atoms with E-state index in [0.717, 1.165) is 42.7 Å². The summed E-state index contributed by atoms with van der Waals surface area (Å²) >= 11 is 0. The van der Waals surface area contributed by atoms with Gasteiger partial charge in [-0.3, -0.25) is 4.79 Å². The van der Waals surface area contributed by atoms with Crippen LogP contribution in [0.4, 0.5) is 0 Å². The quantitative estimate of drug-likeness (QED) is 0.662. The van der Waals surface area contributed by atoms with Crippen LogP contribution in [0.25, 0.3) is 0 Å². The Labute approximate surface area is 104 Å². The Morgan fingerprint density at radius 3 is 2.59 bits per heavy atom. The largest absolute Gasteiger partial charge is 0.494 e. The van der Waals surface area contributed by atoms with Gasteiger partial charge in [0.2, 0.25) is 0 Å². The van der Waals surface area contributed by atoms with Crippen molar-refractivity contribution in [2.75, 3.05) is 6.61 Å². The van der Waals surface area contributed by atoms with Crippen LogP contribution in [0, 0.1) is 6.92 Å². The Balaban J connectivity index is 2.71. The minimum absolute atomic E-state index is 0.242. The second kappa shape index (κ2) is 7.10. The lowest BCUT2D eigenvalue weighted by molar-refractivity contribution is 0.0979. The maximum Gasteiger partial charge on any atom is 0.163 e. The highest BCUT2D eigenvalue weighted by Gasteiger charge is 2.09. The number of ketones is 1. The summed E-state index contributed by atoms with van der Waals surface area (Å²) in [5, 5.41) is 0. The smallest absolute Gasteiger partial charge is 0.163 e. The van der Waals surface area contributed by atoms with Crippen molar-refractivity contribution < 1.29 is 9.53 Å². The monoisotopic (exact) mass is 234 g/mol. The number of unbranched alkanes of at least 4 members (excludes halogenated alkanes) is 1. The zero-order valence-electron chi connectivity index (χ0n) is 11.1. The highest BCUT2D eigenvalue weighted by Crippen LogP contribution is 2.19. The average molecular weight is 234 g/mol. The first-order chi connectivity index (χ1) is 8.19. The van der Waals surface area contributed by atoms with E-state index in [4.69, 9.17) is 4.74 Å². The van der Waals surface area contributed by atoms with Gasteiger partial charge in [-0.2, -0.15) is 0 Å². The number of ether oxygens (including phenoxy) is 1. The lowest BCUT2D eigenvalue weighted by Crippen LogP contribution is -2.02. The topological polar surface area (TPSA) is 26.3 Å². The van der Waals surface area contributed by atoms with E-state index in [1.165, 1.54) is 0 Å². The first-order valence-electron chi connectivity index (χ1n) is 6.45. The van der Waals surface area contributed by atoms with Crippen molar-refractivity contribution in [3.8, 4) is 5.75 Å². The normalized spacial score (nSPS) is 10.3. The Morgan fingerprint density at radius 1 is 1.24 bits per heavy atom. The zero-order valence-corrected chi connectivity index (χ0v) is 11.1. The van der Waals surface area contributed by atoms with E-state index >= 15 is 0 Å². The summed E-state index contributed by atoms with van der Waals surface area (Å²) in [6, 6.07) is 5.73. The molecule has 1 rings (SSSR count). The molecule has 0 aliphatic heterocycles. The fourth-order valence-electron chi connectivity index (χ4n) is 1.73. The number of carbonyl (C=O) groups is 1.